The molecule has 17 heavy (non-hydrogen) atoms. The maximum atomic E-state index is 11.5. The van der Waals surface area contributed by atoms with Crippen LogP contribution in [0.15, 0.2) is 24.3 Å². The van der Waals surface area contributed by atoms with Gasteiger partial charge in [0.25, 0.3) is 0 Å². The third kappa shape index (κ3) is 2.86. The summed E-state index contributed by atoms with van der Waals surface area (Å²) < 4.78 is 0. The van der Waals surface area contributed by atoms with E-state index >= 15 is 0 Å². The van der Waals surface area contributed by atoms with Gasteiger partial charge in [0.05, 0.1) is 6.04 Å². The average molecular weight is 232 g/mol. The maximum absolute atomic E-state index is 11.5. The van der Waals surface area contributed by atoms with E-state index in [1.54, 1.807) is 7.05 Å². The number of hydrogen-bond donors (Lipinski definition) is 2. The standard InChI is InChI=1S/C14H20N2O/c1-10(14(17)15-2)16-13-8-7-11-5-3-4-6-12(11)9-13/h3-6,10,13,16H,7-9H2,1-2H3,(H,15,17). The van der Waals surface area contributed by atoms with Crippen molar-refractivity contribution in [1.82, 2.24) is 10.6 Å². The van der Waals surface area contributed by atoms with E-state index in [0.717, 1.165) is 19.3 Å². The molecule has 0 spiro atoms. The number of aryl methyl sites for hydroxylation is 1. The van der Waals surface area contributed by atoms with Gasteiger partial charge in [0.15, 0.2) is 0 Å². The van der Waals surface area contributed by atoms with E-state index in [-0.39, 0.29) is 11.9 Å². The second-order valence-corrected chi connectivity index (χ2v) is 4.71. The predicted octanol–water partition coefficient (Wildman–Crippen LogP) is 1.27. The van der Waals surface area contributed by atoms with Gasteiger partial charge in [0.1, 0.15) is 0 Å². The highest BCUT2D eigenvalue weighted by molar-refractivity contribution is 5.80. The van der Waals surface area contributed by atoms with Gasteiger partial charge in [0, 0.05) is 13.1 Å². The molecule has 0 saturated carbocycles. The number of fused-ring (bicyclic) bond motifs is 1. The molecule has 0 aromatic heterocycles. The topological polar surface area (TPSA) is 41.1 Å². The Bertz CT molecular complexity index is 403. The van der Waals surface area contributed by atoms with Crippen LogP contribution in [0, 0.1) is 0 Å². The van der Waals surface area contributed by atoms with Crippen LogP contribution in [0.25, 0.3) is 0 Å². The Balaban J connectivity index is 1.96. The van der Waals surface area contributed by atoms with Crippen LogP contribution in [0.2, 0.25) is 0 Å². The lowest BCUT2D eigenvalue weighted by atomic mass is 9.88. The molecule has 0 radical (unpaired) electrons. The Hall–Kier alpha value is -1.35. The van der Waals surface area contributed by atoms with Gasteiger partial charge in [-0.25, -0.2) is 0 Å². The molecule has 1 amide bonds. The highest BCUT2D eigenvalue weighted by Crippen LogP contribution is 2.21. The minimum atomic E-state index is -0.115. The van der Waals surface area contributed by atoms with Crippen molar-refractivity contribution in [2.75, 3.05) is 7.05 Å². The number of hydrogen-bond acceptors (Lipinski definition) is 2. The third-order valence-electron chi connectivity index (χ3n) is 3.47. The summed E-state index contributed by atoms with van der Waals surface area (Å²) in [6.07, 6.45) is 3.24. The van der Waals surface area contributed by atoms with E-state index in [1.165, 1.54) is 11.1 Å². The Morgan fingerprint density at radius 3 is 2.76 bits per heavy atom. The molecular weight excluding hydrogens is 212 g/mol. The van der Waals surface area contributed by atoms with Gasteiger partial charge in [-0.1, -0.05) is 24.3 Å². The van der Waals surface area contributed by atoms with Crippen molar-refractivity contribution >= 4 is 5.91 Å². The summed E-state index contributed by atoms with van der Waals surface area (Å²) >= 11 is 0. The number of amides is 1. The zero-order chi connectivity index (χ0) is 12.3. The van der Waals surface area contributed by atoms with E-state index < -0.39 is 0 Å². The summed E-state index contributed by atoms with van der Waals surface area (Å²) in [6.45, 7) is 1.92. The first-order valence-electron chi connectivity index (χ1n) is 6.25. The molecule has 1 aromatic carbocycles. The highest BCUT2D eigenvalue weighted by Gasteiger charge is 2.21. The molecule has 3 nitrogen and oxygen atoms in total. The van der Waals surface area contributed by atoms with Crippen LogP contribution in [0.3, 0.4) is 0 Å². The number of benzene rings is 1. The molecule has 0 saturated heterocycles. The van der Waals surface area contributed by atoms with Crippen LogP contribution in [-0.2, 0) is 17.6 Å². The van der Waals surface area contributed by atoms with Gasteiger partial charge in [-0.15, -0.1) is 0 Å². The summed E-state index contributed by atoms with van der Waals surface area (Å²) in [5, 5.41) is 6.07. The minimum absolute atomic E-state index is 0.0591. The monoisotopic (exact) mass is 232 g/mol. The molecule has 1 aromatic rings. The van der Waals surface area contributed by atoms with Crippen molar-refractivity contribution in [3.63, 3.8) is 0 Å². The Morgan fingerprint density at radius 2 is 2.06 bits per heavy atom. The molecule has 2 N–H and O–H groups in total. The first-order chi connectivity index (χ1) is 8.20. The summed E-state index contributed by atoms with van der Waals surface area (Å²) in [6, 6.07) is 8.87. The van der Waals surface area contributed by atoms with E-state index in [2.05, 4.69) is 34.9 Å². The maximum Gasteiger partial charge on any atom is 0.236 e. The Kier molecular flexibility index (Phi) is 3.79. The quantitative estimate of drug-likeness (QED) is 0.824. The predicted molar refractivity (Wildman–Crippen MR) is 68.9 cm³/mol. The Morgan fingerprint density at radius 1 is 1.35 bits per heavy atom. The van der Waals surface area contributed by atoms with E-state index in [0.29, 0.717) is 6.04 Å². The van der Waals surface area contributed by atoms with Crippen molar-refractivity contribution in [2.24, 2.45) is 0 Å². The van der Waals surface area contributed by atoms with Crippen LogP contribution in [0.4, 0.5) is 0 Å². The zero-order valence-electron chi connectivity index (χ0n) is 10.5. The highest BCUT2D eigenvalue weighted by atomic mass is 16.2. The smallest absolute Gasteiger partial charge is 0.236 e. The van der Waals surface area contributed by atoms with Crippen molar-refractivity contribution in [2.45, 2.75) is 38.3 Å². The van der Waals surface area contributed by atoms with Crippen LogP contribution in [0.1, 0.15) is 24.5 Å². The second kappa shape index (κ2) is 5.32. The fourth-order valence-corrected chi connectivity index (χ4v) is 2.49. The normalized spacial score (nSPS) is 20.5. The van der Waals surface area contributed by atoms with Crippen LogP contribution in [0.5, 0.6) is 0 Å². The van der Waals surface area contributed by atoms with E-state index in [1.807, 2.05) is 6.92 Å². The molecule has 3 heteroatoms. The van der Waals surface area contributed by atoms with Crippen molar-refractivity contribution in [1.29, 1.82) is 0 Å². The van der Waals surface area contributed by atoms with Crippen molar-refractivity contribution in [3.05, 3.63) is 35.4 Å². The molecule has 1 aliphatic rings. The number of likely N-dealkylation sites (N-methyl/N-ethyl adjacent to an activating group) is 1. The summed E-state index contributed by atoms with van der Waals surface area (Å²) in [5.41, 5.74) is 2.87. The van der Waals surface area contributed by atoms with Crippen LogP contribution in [-0.4, -0.2) is 25.0 Å². The molecular formula is C14H20N2O. The molecule has 2 unspecified atom stereocenters. The van der Waals surface area contributed by atoms with Gasteiger partial charge in [0.2, 0.25) is 5.91 Å². The second-order valence-electron chi connectivity index (χ2n) is 4.71. The summed E-state index contributed by atoms with van der Waals surface area (Å²) in [7, 11) is 1.68. The lowest BCUT2D eigenvalue weighted by Gasteiger charge is -2.27. The van der Waals surface area contributed by atoms with Gasteiger partial charge in [-0.05, 0) is 37.3 Å². The molecule has 0 heterocycles. The lowest BCUT2D eigenvalue weighted by Crippen LogP contribution is -2.47. The van der Waals surface area contributed by atoms with E-state index in [4.69, 9.17) is 0 Å². The summed E-state index contributed by atoms with van der Waals surface area (Å²) in [4.78, 5) is 11.5. The van der Waals surface area contributed by atoms with Gasteiger partial charge < -0.3 is 10.6 Å². The van der Waals surface area contributed by atoms with Crippen LogP contribution >= 0.6 is 0 Å². The number of rotatable bonds is 3. The van der Waals surface area contributed by atoms with Gasteiger partial charge in [-0.3, -0.25) is 4.79 Å². The lowest BCUT2D eigenvalue weighted by molar-refractivity contribution is -0.122. The van der Waals surface area contributed by atoms with Gasteiger partial charge in [-0.2, -0.15) is 0 Å². The number of carbonyl (C=O) groups is 1. The Labute approximate surface area is 103 Å². The third-order valence-corrected chi connectivity index (χ3v) is 3.47. The fourth-order valence-electron chi connectivity index (χ4n) is 2.49. The SMILES string of the molecule is CNC(=O)C(C)NC1CCc2ccccc2C1. The molecule has 2 rings (SSSR count). The van der Waals surface area contributed by atoms with Gasteiger partial charge >= 0.3 is 0 Å². The van der Waals surface area contributed by atoms with Crippen LogP contribution < -0.4 is 10.6 Å². The first-order valence-corrected chi connectivity index (χ1v) is 6.25. The molecule has 92 valence electrons. The largest absolute Gasteiger partial charge is 0.358 e. The van der Waals surface area contributed by atoms with Crippen molar-refractivity contribution in [3.8, 4) is 0 Å². The molecule has 1 aliphatic carbocycles. The number of carbonyl (C=O) groups excluding carboxylic acids is 1. The zero-order valence-corrected chi connectivity index (χ0v) is 10.5. The minimum Gasteiger partial charge on any atom is -0.358 e. The molecule has 2 atom stereocenters. The molecule has 0 bridgehead atoms. The average Bonchev–Trinajstić information content (AvgIpc) is 2.37. The van der Waals surface area contributed by atoms with Crippen molar-refractivity contribution < 1.29 is 4.79 Å². The summed E-state index contributed by atoms with van der Waals surface area (Å²) in [5.74, 6) is 0.0591. The van der Waals surface area contributed by atoms with E-state index in [9.17, 15) is 4.79 Å². The molecule has 0 fully saturated rings. The molecule has 0 aliphatic heterocycles. The fraction of sp³-hybridized carbons (Fsp3) is 0.500. The first kappa shape index (κ1) is 12.1. The number of nitrogens with one attached hydrogen (secondary N) is 2.